The van der Waals surface area contributed by atoms with Gasteiger partial charge in [-0.15, -0.1) is 24.0 Å². The van der Waals surface area contributed by atoms with Crippen LogP contribution < -0.4 is 10.6 Å². The molecule has 1 aliphatic rings. The highest BCUT2D eigenvalue weighted by atomic mass is 127. The van der Waals surface area contributed by atoms with Crippen LogP contribution >= 0.6 is 24.0 Å². The molecule has 156 valence electrons. The first-order valence-electron chi connectivity index (χ1n) is 8.35. The molecule has 2 N–H and O–H groups in total. The number of aliphatic imine (C=N–C) groups is 1. The molecule has 1 aromatic heterocycles. The summed E-state index contributed by atoms with van der Waals surface area (Å²) in [6.45, 7) is 3.19. The number of nitrogens with zero attached hydrogens (tertiary/aromatic N) is 2. The molecule has 2 heterocycles. The molecule has 2 rings (SSSR count). The summed E-state index contributed by atoms with van der Waals surface area (Å²) >= 11 is 0. The summed E-state index contributed by atoms with van der Waals surface area (Å²) in [6, 6.07) is 3.58. The largest absolute Gasteiger partial charge is 0.511 e. The molecule has 0 amide bonds. The number of rotatable bonds is 6. The quantitative estimate of drug-likeness (QED) is 0.340. The Hall–Kier alpha value is -1.02. The number of piperidine rings is 1. The van der Waals surface area contributed by atoms with E-state index in [1.165, 1.54) is 0 Å². The maximum atomic E-state index is 12.6. The minimum atomic E-state index is -5.24. The van der Waals surface area contributed by atoms with Crippen LogP contribution in [0, 0.1) is 5.92 Å². The highest BCUT2D eigenvalue weighted by Gasteiger charge is 2.50. The van der Waals surface area contributed by atoms with Crippen LogP contribution in [0.5, 0.6) is 0 Å². The fraction of sp³-hybridized carbons (Fsp3) is 0.667. The van der Waals surface area contributed by atoms with Gasteiger partial charge >= 0.3 is 15.5 Å². The molecule has 1 fully saturated rings. The maximum Gasteiger partial charge on any atom is 0.511 e. The van der Waals surface area contributed by atoms with E-state index in [1.807, 2.05) is 13.0 Å². The lowest BCUT2D eigenvalue weighted by Crippen LogP contribution is -2.47. The minimum absolute atomic E-state index is 0. The summed E-state index contributed by atoms with van der Waals surface area (Å²) in [6.07, 6.45) is 2.29. The van der Waals surface area contributed by atoms with Gasteiger partial charge < -0.3 is 15.1 Å². The molecule has 27 heavy (non-hydrogen) atoms. The van der Waals surface area contributed by atoms with Crippen molar-refractivity contribution in [2.75, 3.05) is 26.2 Å². The minimum Gasteiger partial charge on any atom is -0.467 e. The number of guanidine groups is 1. The first-order chi connectivity index (χ1) is 12.2. The van der Waals surface area contributed by atoms with Crippen LogP contribution in [0.15, 0.2) is 27.8 Å². The smallest absolute Gasteiger partial charge is 0.467 e. The molecule has 0 aliphatic carbocycles. The van der Waals surface area contributed by atoms with Gasteiger partial charge in [0.15, 0.2) is 5.96 Å². The molecule has 1 saturated heterocycles. The summed E-state index contributed by atoms with van der Waals surface area (Å²) < 4.78 is 66.3. The Bertz CT molecular complexity index is 688. The number of furan rings is 1. The van der Waals surface area contributed by atoms with Crippen LogP contribution in [0.3, 0.4) is 0 Å². The number of nitrogens with one attached hydrogen (secondary N) is 2. The van der Waals surface area contributed by atoms with Crippen LogP contribution in [0.25, 0.3) is 0 Å². The Morgan fingerprint density at radius 3 is 2.52 bits per heavy atom. The highest BCUT2D eigenvalue weighted by Crippen LogP contribution is 2.30. The monoisotopic (exact) mass is 524 g/mol. The Kier molecular flexibility index (Phi) is 9.34. The summed E-state index contributed by atoms with van der Waals surface area (Å²) in [5, 5.41) is 6.22. The van der Waals surface area contributed by atoms with Crippen LogP contribution in [-0.2, 0) is 16.6 Å². The third-order valence-electron chi connectivity index (χ3n) is 4.08. The molecule has 1 aliphatic heterocycles. The Morgan fingerprint density at radius 2 is 2.00 bits per heavy atom. The zero-order valence-electron chi connectivity index (χ0n) is 14.8. The third-order valence-corrected chi connectivity index (χ3v) is 5.71. The molecular weight excluding hydrogens is 500 g/mol. The van der Waals surface area contributed by atoms with Crippen molar-refractivity contribution < 1.29 is 26.0 Å². The van der Waals surface area contributed by atoms with E-state index >= 15 is 0 Å². The average molecular weight is 524 g/mol. The lowest BCUT2D eigenvalue weighted by Gasteiger charge is -2.31. The first kappa shape index (κ1) is 24.0. The van der Waals surface area contributed by atoms with Gasteiger partial charge in [0.25, 0.3) is 0 Å². The zero-order valence-corrected chi connectivity index (χ0v) is 18.0. The van der Waals surface area contributed by atoms with E-state index < -0.39 is 15.5 Å². The van der Waals surface area contributed by atoms with Gasteiger partial charge in [-0.2, -0.15) is 17.5 Å². The normalized spacial score (nSPS) is 17.4. The van der Waals surface area contributed by atoms with Gasteiger partial charge in [0, 0.05) is 26.2 Å². The van der Waals surface area contributed by atoms with Crippen molar-refractivity contribution in [1.82, 2.24) is 14.9 Å². The van der Waals surface area contributed by atoms with Gasteiger partial charge in [0.2, 0.25) is 0 Å². The molecular formula is C15H24F3IN4O3S. The SMILES string of the molecule is CCNC(=NCc1ccco1)NCC1CCN(S(=O)(=O)C(F)(F)F)CC1.I. The molecule has 0 bridgehead atoms. The molecule has 7 nitrogen and oxygen atoms in total. The van der Waals surface area contributed by atoms with Crippen molar-refractivity contribution in [3.63, 3.8) is 0 Å². The van der Waals surface area contributed by atoms with Crippen LogP contribution in [0.1, 0.15) is 25.5 Å². The number of hydrogen-bond donors (Lipinski definition) is 2. The van der Waals surface area contributed by atoms with Gasteiger partial charge in [0.05, 0.1) is 6.26 Å². The van der Waals surface area contributed by atoms with Crippen LogP contribution in [0.4, 0.5) is 13.2 Å². The van der Waals surface area contributed by atoms with E-state index in [9.17, 15) is 21.6 Å². The molecule has 0 radical (unpaired) electrons. The van der Waals surface area contributed by atoms with Crippen molar-refractivity contribution in [3.05, 3.63) is 24.2 Å². The predicted molar refractivity (Wildman–Crippen MR) is 106 cm³/mol. The number of alkyl halides is 3. The molecule has 0 atom stereocenters. The molecule has 1 aromatic rings. The van der Waals surface area contributed by atoms with Gasteiger partial charge in [-0.25, -0.2) is 13.4 Å². The van der Waals surface area contributed by atoms with E-state index in [4.69, 9.17) is 4.42 Å². The standard InChI is InChI=1S/C15H23F3N4O3S.HI/c1-2-19-14(21-11-13-4-3-9-25-13)20-10-12-5-7-22(8-6-12)26(23,24)15(16,17)18;/h3-4,9,12H,2,5-8,10-11H2,1H3,(H2,19,20,21);1H. The van der Waals surface area contributed by atoms with Gasteiger partial charge in [-0.1, -0.05) is 0 Å². The van der Waals surface area contributed by atoms with E-state index in [0.717, 1.165) is 0 Å². The van der Waals surface area contributed by atoms with E-state index in [0.29, 0.717) is 48.5 Å². The molecule has 0 aromatic carbocycles. The van der Waals surface area contributed by atoms with Gasteiger partial charge in [-0.05, 0) is 37.8 Å². The van der Waals surface area contributed by atoms with E-state index in [1.54, 1.807) is 12.3 Å². The second-order valence-electron chi connectivity index (χ2n) is 5.95. The Balaban J connectivity index is 0.00000364. The Morgan fingerprint density at radius 1 is 1.33 bits per heavy atom. The lowest BCUT2D eigenvalue weighted by molar-refractivity contribution is -0.0496. The molecule has 0 saturated carbocycles. The first-order valence-corrected chi connectivity index (χ1v) is 9.79. The summed E-state index contributed by atoms with van der Waals surface area (Å²) in [4.78, 5) is 4.37. The number of hydrogen-bond acceptors (Lipinski definition) is 4. The lowest BCUT2D eigenvalue weighted by atomic mass is 9.98. The van der Waals surface area contributed by atoms with Crippen molar-refractivity contribution in [2.24, 2.45) is 10.9 Å². The summed E-state index contributed by atoms with van der Waals surface area (Å²) in [7, 11) is -5.23. The topological polar surface area (TPSA) is 86.9 Å². The number of sulfonamides is 1. The van der Waals surface area contributed by atoms with Crippen molar-refractivity contribution in [3.8, 4) is 0 Å². The second-order valence-corrected chi connectivity index (χ2v) is 7.88. The second kappa shape index (κ2) is 10.5. The fourth-order valence-electron chi connectivity index (χ4n) is 2.64. The highest BCUT2D eigenvalue weighted by molar-refractivity contribution is 14.0. The summed E-state index contributed by atoms with van der Waals surface area (Å²) in [5.41, 5.74) is -5.24. The van der Waals surface area contributed by atoms with Gasteiger partial charge in [0.1, 0.15) is 12.3 Å². The zero-order chi connectivity index (χ0) is 19.2. The molecule has 0 unspecified atom stereocenters. The molecule has 12 heteroatoms. The predicted octanol–water partition coefficient (Wildman–Crippen LogP) is 2.51. The van der Waals surface area contributed by atoms with E-state index in [2.05, 4.69) is 15.6 Å². The van der Waals surface area contributed by atoms with Crippen molar-refractivity contribution in [2.45, 2.75) is 31.8 Å². The third kappa shape index (κ3) is 6.82. The Labute approximate surface area is 173 Å². The molecule has 0 spiro atoms. The van der Waals surface area contributed by atoms with Crippen molar-refractivity contribution >= 4 is 40.0 Å². The maximum absolute atomic E-state index is 12.6. The van der Waals surface area contributed by atoms with Crippen molar-refractivity contribution in [1.29, 1.82) is 0 Å². The fourth-order valence-corrected chi connectivity index (χ4v) is 3.63. The van der Waals surface area contributed by atoms with Crippen LogP contribution in [-0.4, -0.2) is 50.4 Å². The van der Waals surface area contributed by atoms with Gasteiger partial charge in [-0.3, -0.25) is 0 Å². The summed E-state index contributed by atoms with van der Waals surface area (Å²) in [5.74, 6) is 1.37. The number of halogens is 4. The average Bonchev–Trinajstić information content (AvgIpc) is 3.10. The van der Waals surface area contributed by atoms with E-state index in [-0.39, 0.29) is 43.0 Å². The van der Waals surface area contributed by atoms with Crippen LogP contribution in [0.2, 0.25) is 0 Å².